The van der Waals surface area contributed by atoms with Gasteiger partial charge >= 0.3 is 0 Å². The maximum atomic E-state index is 12.8. The minimum absolute atomic E-state index is 0.163. The van der Waals surface area contributed by atoms with Crippen molar-refractivity contribution in [2.45, 2.75) is 19.7 Å². The van der Waals surface area contributed by atoms with Gasteiger partial charge < -0.3 is 9.47 Å². The third-order valence-corrected chi connectivity index (χ3v) is 7.23. The average molecular weight is 581 g/mol. The molecule has 1 atom stereocenters. The molecule has 0 saturated heterocycles. The van der Waals surface area contributed by atoms with Gasteiger partial charge in [0.05, 0.1) is 12.8 Å². The van der Waals surface area contributed by atoms with Crippen LogP contribution >= 0.6 is 34.8 Å². The first-order valence-corrected chi connectivity index (χ1v) is 13.2. The SMILES string of the molecule is COc1cc(C2N(c3ccc(Cl)cc3)N=C(C(C)=O)N2c2ccccc2)ccc1OCc1c(Cl)cccc1Cl. The molecule has 198 valence electrons. The van der Waals surface area contributed by atoms with E-state index in [4.69, 9.17) is 49.4 Å². The lowest BCUT2D eigenvalue weighted by Gasteiger charge is -2.32. The second-order valence-electron chi connectivity index (χ2n) is 8.78. The van der Waals surface area contributed by atoms with Gasteiger partial charge in [0.15, 0.2) is 29.3 Å². The van der Waals surface area contributed by atoms with E-state index in [1.165, 1.54) is 6.92 Å². The number of benzene rings is 4. The number of hydrogen-bond donors (Lipinski definition) is 0. The first-order valence-electron chi connectivity index (χ1n) is 12.1. The van der Waals surface area contributed by atoms with Crippen LogP contribution in [0.3, 0.4) is 0 Å². The molecule has 4 aromatic rings. The second-order valence-corrected chi connectivity index (χ2v) is 10.0. The first kappa shape index (κ1) is 26.9. The van der Waals surface area contributed by atoms with Crippen molar-refractivity contribution in [2.75, 3.05) is 17.0 Å². The van der Waals surface area contributed by atoms with E-state index in [1.807, 2.05) is 65.6 Å². The number of nitrogens with zero attached hydrogens (tertiary/aromatic N) is 3. The number of hydrazone groups is 1. The highest BCUT2D eigenvalue weighted by Crippen LogP contribution is 2.42. The summed E-state index contributed by atoms with van der Waals surface area (Å²) in [5.41, 5.74) is 3.11. The van der Waals surface area contributed by atoms with Crippen LogP contribution in [0.4, 0.5) is 11.4 Å². The molecule has 0 radical (unpaired) electrons. The van der Waals surface area contributed by atoms with Gasteiger partial charge in [0.25, 0.3) is 0 Å². The minimum atomic E-state index is -0.492. The van der Waals surface area contributed by atoms with Gasteiger partial charge in [-0.3, -0.25) is 9.69 Å². The number of para-hydroxylation sites is 1. The standard InChI is InChI=1S/C30H24Cl3N3O3/c1-19(37)29-34-36(23-14-12-21(31)13-15-23)30(35(29)22-7-4-3-5-8-22)20-11-16-27(28(17-20)38-2)39-18-24-25(32)9-6-10-26(24)33/h3-17,30H,18H2,1-2H3. The van der Waals surface area contributed by atoms with Gasteiger partial charge in [-0.15, -0.1) is 5.10 Å². The number of carbonyl (C=O) groups excluding carboxylic acids is 1. The molecule has 0 bridgehead atoms. The largest absolute Gasteiger partial charge is 0.493 e. The Morgan fingerprint density at radius 1 is 0.846 bits per heavy atom. The van der Waals surface area contributed by atoms with Gasteiger partial charge in [0, 0.05) is 38.8 Å². The predicted octanol–water partition coefficient (Wildman–Crippen LogP) is 8.16. The lowest BCUT2D eigenvalue weighted by Crippen LogP contribution is -2.37. The number of rotatable bonds is 8. The third-order valence-electron chi connectivity index (χ3n) is 6.27. The monoisotopic (exact) mass is 579 g/mol. The summed E-state index contributed by atoms with van der Waals surface area (Å²) in [4.78, 5) is 14.7. The van der Waals surface area contributed by atoms with E-state index in [2.05, 4.69) is 0 Å². The molecule has 6 nitrogen and oxygen atoms in total. The summed E-state index contributed by atoms with van der Waals surface area (Å²) in [6.45, 7) is 1.68. The Labute approximate surface area is 241 Å². The quantitative estimate of drug-likeness (QED) is 0.210. The number of halogens is 3. The van der Waals surface area contributed by atoms with Crippen molar-refractivity contribution < 1.29 is 14.3 Å². The fraction of sp³-hybridized carbons (Fsp3) is 0.133. The van der Waals surface area contributed by atoms with E-state index in [1.54, 1.807) is 42.5 Å². The van der Waals surface area contributed by atoms with Gasteiger partial charge in [-0.1, -0.05) is 65.1 Å². The number of carbonyl (C=O) groups is 1. The van der Waals surface area contributed by atoms with Gasteiger partial charge in [0.1, 0.15) is 6.61 Å². The molecule has 39 heavy (non-hydrogen) atoms. The maximum absolute atomic E-state index is 12.8. The molecule has 9 heteroatoms. The Morgan fingerprint density at radius 2 is 1.54 bits per heavy atom. The highest BCUT2D eigenvalue weighted by Gasteiger charge is 2.39. The average Bonchev–Trinajstić information content (AvgIpc) is 3.35. The van der Waals surface area contributed by atoms with Gasteiger partial charge in [-0.05, 0) is 60.7 Å². The molecule has 0 aromatic heterocycles. The van der Waals surface area contributed by atoms with Crippen molar-refractivity contribution in [3.63, 3.8) is 0 Å². The van der Waals surface area contributed by atoms with Gasteiger partial charge in [-0.25, -0.2) is 5.01 Å². The zero-order chi connectivity index (χ0) is 27.5. The number of ether oxygens (including phenoxy) is 2. The van der Waals surface area contributed by atoms with Crippen molar-refractivity contribution in [3.05, 3.63) is 117 Å². The summed E-state index contributed by atoms with van der Waals surface area (Å²) in [5.74, 6) is 1.18. The summed E-state index contributed by atoms with van der Waals surface area (Å²) >= 11 is 18.8. The number of anilines is 2. The molecule has 5 rings (SSSR count). The summed E-state index contributed by atoms with van der Waals surface area (Å²) in [5, 5.41) is 8.21. The predicted molar refractivity (Wildman–Crippen MR) is 157 cm³/mol. The molecule has 1 aliphatic heterocycles. The van der Waals surface area contributed by atoms with E-state index in [9.17, 15) is 4.79 Å². The summed E-state index contributed by atoms with van der Waals surface area (Å²) < 4.78 is 11.8. The Balaban J connectivity index is 1.56. The molecule has 1 unspecified atom stereocenters. The topological polar surface area (TPSA) is 54.4 Å². The van der Waals surface area contributed by atoms with E-state index in [0.717, 1.165) is 16.9 Å². The molecule has 0 spiro atoms. The van der Waals surface area contributed by atoms with Crippen molar-refractivity contribution in [3.8, 4) is 11.5 Å². The molecule has 0 amide bonds. The number of Topliss-reactive ketones (excluding diaryl/α,β-unsaturated/α-hetero) is 1. The number of methoxy groups -OCH3 is 1. The molecule has 1 heterocycles. The van der Waals surface area contributed by atoms with Crippen molar-refractivity contribution in [1.29, 1.82) is 0 Å². The van der Waals surface area contributed by atoms with E-state index in [0.29, 0.717) is 38.0 Å². The van der Waals surface area contributed by atoms with Crippen LogP contribution in [0.5, 0.6) is 11.5 Å². The molecular weight excluding hydrogens is 557 g/mol. The van der Waals surface area contributed by atoms with Gasteiger partial charge in [0.2, 0.25) is 0 Å². The van der Waals surface area contributed by atoms with Crippen molar-refractivity contribution in [1.82, 2.24) is 0 Å². The molecule has 0 aliphatic carbocycles. The highest BCUT2D eigenvalue weighted by atomic mass is 35.5. The Bertz CT molecular complexity index is 1510. The lowest BCUT2D eigenvalue weighted by molar-refractivity contribution is -0.111. The summed E-state index contributed by atoms with van der Waals surface area (Å²) in [7, 11) is 1.58. The number of hydrogen-bond acceptors (Lipinski definition) is 6. The zero-order valence-corrected chi connectivity index (χ0v) is 23.4. The number of amidine groups is 1. The molecule has 0 saturated carbocycles. The lowest BCUT2D eigenvalue weighted by atomic mass is 10.1. The van der Waals surface area contributed by atoms with E-state index in [-0.39, 0.29) is 12.4 Å². The molecule has 0 N–H and O–H groups in total. The molecule has 0 fully saturated rings. The molecule has 4 aromatic carbocycles. The van der Waals surface area contributed by atoms with Crippen LogP contribution in [0, 0.1) is 0 Å². The van der Waals surface area contributed by atoms with Crippen LogP contribution in [0.25, 0.3) is 0 Å². The van der Waals surface area contributed by atoms with Crippen LogP contribution in [-0.4, -0.2) is 18.7 Å². The van der Waals surface area contributed by atoms with E-state index >= 15 is 0 Å². The summed E-state index contributed by atoms with van der Waals surface area (Å²) in [6.07, 6.45) is -0.492. The van der Waals surface area contributed by atoms with Crippen molar-refractivity contribution >= 4 is 57.8 Å². The molecular formula is C30H24Cl3N3O3. The zero-order valence-electron chi connectivity index (χ0n) is 21.1. The van der Waals surface area contributed by atoms with Crippen LogP contribution in [-0.2, 0) is 11.4 Å². The Kier molecular flexibility index (Phi) is 7.98. The Hall–Kier alpha value is -3.71. The van der Waals surface area contributed by atoms with Crippen LogP contribution in [0.2, 0.25) is 15.1 Å². The van der Waals surface area contributed by atoms with Crippen LogP contribution < -0.4 is 19.4 Å². The minimum Gasteiger partial charge on any atom is -0.493 e. The second kappa shape index (κ2) is 11.6. The van der Waals surface area contributed by atoms with Crippen LogP contribution in [0.15, 0.2) is 96.1 Å². The fourth-order valence-electron chi connectivity index (χ4n) is 4.39. The Morgan fingerprint density at radius 3 is 2.18 bits per heavy atom. The highest BCUT2D eigenvalue weighted by molar-refractivity contribution is 6.44. The van der Waals surface area contributed by atoms with E-state index < -0.39 is 6.17 Å². The molecule has 1 aliphatic rings. The third kappa shape index (κ3) is 5.55. The number of ketones is 1. The normalized spacial score (nSPS) is 14.8. The van der Waals surface area contributed by atoms with Crippen molar-refractivity contribution in [2.24, 2.45) is 5.10 Å². The van der Waals surface area contributed by atoms with Crippen LogP contribution in [0.1, 0.15) is 24.2 Å². The first-order chi connectivity index (χ1) is 18.9. The smallest absolute Gasteiger partial charge is 0.198 e. The fourth-order valence-corrected chi connectivity index (χ4v) is 5.02. The summed E-state index contributed by atoms with van der Waals surface area (Å²) in [6, 6.07) is 27.9. The van der Waals surface area contributed by atoms with Gasteiger partial charge in [-0.2, -0.15) is 0 Å². The maximum Gasteiger partial charge on any atom is 0.198 e.